The standard InChI is InChI=1S/C28H39N7O4/c1-21(2)13-14-30-26-33-27(35-28(34-26)32-23-9-11-24(37-3)12-10-23)31-16-18-39-20-19-38-17-15-29-25(36)22-7-5-4-6-8-22/h4-12,21H,13-20H2,1-3H3,(H,29,36)(H3,30,31,32,33,34,35). The predicted octanol–water partition coefficient (Wildman–Crippen LogP) is 3.96. The lowest BCUT2D eigenvalue weighted by Crippen LogP contribution is -2.27. The van der Waals surface area contributed by atoms with E-state index in [1.165, 1.54) is 0 Å². The van der Waals surface area contributed by atoms with E-state index in [-0.39, 0.29) is 5.91 Å². The van der Waals surface area contributed by atoms with Crippen LogP contribution in [0.5, 0.6) is 5.75 Å². The Bertz CT molecular complexity index is 1110. The minimum Gasteiger partial charge on any atom is -0.497 e. The van der Waals surface area contributed by atoms with Gasteiger partial charge in [-0.05, 0) is 48.7 Å². The summed E-state index contributed by atoms with van der Waals surface area (Å²) >= 11 is 0. The molecule has 39 heavy (non-hydrogen) atoms. The molecule has 0 aliphatic rings. The van der Waals surface area contributed by atoms with Crippen molar-refractivity contribution in [2.45, 2.75) is 20.3 Å². The van der Waals surface area contributed by atoms with E-state index in [9.17, 15) is 4.79 Å². The zero-order valence-corrected chi connectivity index (χ0v) is 22.9. The van der Waals surface area contributed by atoms with Crippen molar-refractivity contribution >= 4 is 29.4 Å². The smallest absolute Gasteiger partial charge is 0.251 e. The van der Waals surface area contributed by atoms with Crippen LogP contribution in [0, 0.1) is 5.92 Å². The number of nitrogens with zero attached hydrogens (tertiary/aromatic N) is 3. The van der Waals surface area contributed by atoms with Crippen LogP contribution in [0.3, 0.4) is 0 Å². The van der Waals surface area contributed by atoms with Crippen LogP contribution in [-0.4, -0.2) is 74.0 Å². The van der Waals surface area contributed by atoms with Gasteiger partial charge in [0.25, 0.3) is 5.91 Å². The molecule has 11 nitrogen and oxygen atoms in total. The lowest BCUT2D eigenvalue weighted by atomic mass is 10.1. The number of aromatic nitrogens is 3. The van der Waals surface area contributed by atoms with Crippen LogP contribution in [0.15, 0.2) is 54.6 Å². The van der Waals surface area contributed by atoms with Crippen molar-refractivity contribution in [3.05, 3.63) is 60.2 Å². The van der Waals surface area contributed by atoms with E-state index in [0.717, 1.165) is 24.4 Å². The van der Waals surface area contributed by atoms with E-state index in [1.807, 2.05) is 42.5 Å². The van der Waals surface area contributed by atoms with Gasteiger partial charge in [-0.25, -0.2) is 0 Å². The summed E-state index contributed by atoms with van der Waals surface area (Å²) in [6, 6.07) is 16.6. The Kier molecular flexibility index (Phi) is 12.7. The first kappa shape index (κ1) is 29.6. The molecule has 2 aromatic carbocycles. The number of anilines is 4. The van der Waals surface area contributed by atoms with Crippen molar-refractivity contribution in [3.63, 3.8) is 0 Å². The zero-order valence-electron chi connectivity index (χ0n) is 22.9. The average molecular weight is 538 g/mol. The van der Waals surface area contributed by atoms with Gasteiger partial charge in [0.15, 0.2) is 0 Å². The van der Waals surface area contributed by atoms with Gasteiger partial charge in [0, 0.05) is 30.9 Å². The lowest BCUT2D eigenvalue weighted by molar-refractivity contribution is 0.0519. The maximum Gasteiger partial charge on any atom is 0.251 e. The average Bonchev–Trinajstić information content (AvgIpc) is 2.94. The second-order valence-corrected chi connectivity index (χ2v) is 9.04. The molecule has 1 amide bonds. The van der Waals surface area contributed by atoms with Crippen LogP contribution in [-0.2, 0) is 9.47 Å². The highest BCUT2D eigenvalue weighted by atomic mass is 16.5. The Hall–Kier alpha value is -3.96. The number of hydrogen-bond acceptors (Lipinski definition) is 10. The van der Waals surface area contributed by atoms with Crippen LogP contribution >= 0.6 is 0 Å². The molecule has 0 spiro atoms. The van der Waals surface area contributed by atoms with Crippen LogP contribution in [0.4, 0.5) is 23.5 Å². The Morgan fingerprint density at radius 2 is 1.38 bits per heavy atom. The summed E-state index contributed by atoms with van der Waals surface area (Å²) in [5, 5.41) is 12.5. The number of methoxy groups -OCH3 is 1. The van der Waals surface area contributed by atoms with Crippen molar-refractivity contribution in [3.8, 4) is 5.75 Å². The van der Waals surface area contributed by atoms with Gasteiger partial charge >= 0.3 is 0 Å². The SMILES string of the molecule is COc1ccc(Nc2nc(NCCOCCOCCNC(=O)c3ccccc3)nc(NCCC(C)C)n2)cc1. The highest BCUT2D eigenvalue weighted by Crippen LogP contribution is 2.19. The number of amides is 1. The summed E-state index contributed by atoms with van der Waals surface area (Å²) in [4.78, 5) is 25.5. The van der Waals surface area contributed by atoms with Crippen molar-refractivity contribution in [2.24, 2.45) is 5.92 Å². The third-order valence-corrected chi connectivity index (χ3v) is 5.46. The van der Waals surface area contributed by atoms with Crippen molar-refractivity contribution in [1.82, 2.24) is 20.3 Å². The Morgan fingerprint density at radius 1 is 0.769 bits per heavy atom. The van der Waals surface area contributed by atoms with Crippen LogP contribution in [0.2, 0.25) is 0 Å². The fraction of sp³-hybridized carbons (Fsp3) is 0.429. The molecule has 0 unspecified atom stereocenters. The van der Waals surface area contributed by atoms with Gasteiger partial charge in [-0.3, -0.25) is 4.79 Å². The van der Waals surface area contributed by atoms with E-state index in [2.05, 4.69) is 50.1 Å². The largest absolute Gasteiger partial charge is 0.497 e. The van der Waals surface area contributed by atoms with Crippen LogP contribution in [0.25, 0.3) is 0 Å². The molecule has 11 heteroatoms. The topological polar surface area (TPSA) is 132 Å². The first-order valence-electron chi connectivity index (χ1n) is 13.2. The number of carbonyl (C=O) groups excluding carboxylic acids is 1. The molecule has 1 aromatic heterocycles. The van der Waals surface area contributed by atoms with Gasteiger partial charge < -0.3 is 35.5 Å². The normalized spacial score (nSPS) is 10.8. The molecule has 0 aliphatic carbocycles. The summed E-state index contributed by atoms with van der Waals surface area (Å²) in [7, 11) is 1.63. The van der Waals surface area contributed by atoms with Gasteiger partial charge in [0.2, 0.25) is 17.8 Å². The van der Waals surface area contributed by atoms with E-state index in [1.54, 1.807) is 19.2 Å². The molecule has 0 bridgehead atoms. The third kappa shape index (κ3) is 11.5. The number of carbonyl (C=O) groups is 1. The first-order valence-corrected chi connectivity index (χ1v) is 13.2. The van der Waals surface area contributed by atoms with Gasteiger partial charge in [0.05, 0.1) is 33.5 Å². The highest BCUT2D eigenvalue weighted by Gasteiger charge is 2.08. The molecule has 0 saturated carbocycles. The van der Waals surface area contributed by atoms with Crippen molar-refractivity contribution in [2.75, 3.05) is 69.1 Å². The molecule has 0 radical (unpaired) electrons. The van der Waals surface area contributed by atoms with Crippen molar-refractivity contribution in [1.29, 1.82) is 0 Å². The van der Waals surface area contributed by atoms with Crippen LogP contribution in [0.1, 0.15) is 30.6 Å². The number of hydrogen-bond donors (Lipinski definition) is 4. The number of ether oxygens (including phenoxy) is 3. The molecule has 1 heterocycles. The monoisotopic (exact) mass is 537 g/mol. The zero-order chi connectivity index (χ0) is 27.7. The maximum absolute atomic E-state index is 12.0. The highest BCUT2D eigenvalue weighted by molar-refractivity contribution is 5.94. The van der Waals surface area contributed by atoms with Gasteiger partial charge in [-0.2, -0.15) is 15.0 Å². The van der Waals surface area contributed by atoms with Crippen LogP contribution < -0.4 is 26.0 Å². The Morgan fingerprint density at radius 3 is 2.03 bits per heavy atom. The second kappa shape index (κ2) is 16.8. The maximum atomic E-state index is 12.0. The summed E-state index contributed by atoms with van der Waals surface area (Å²) in [6.07, 6.45) is 1.00. The lowest BCUT2D eigenvalue weighted by Gasteiger charge is -2.12. The quantitative estimate of drug-likeness (QED) is 0.177. The molecular formula is C28H39N7O4. The molecule has 4 N–H and O–H groups in total. The van der Waals surface area contributed by atoms with E-state index < -0.39 is 0 Å². The van der Waals surface area contributed by atoms with Gasteiger partial charge in [-0.15, -0.1) is 0 Å². The molecule has 0 fully saturated rings. The molecule has 210 valence electrons. The summed E-state index contributed by atoms with van der Waals surface area (Å²) in [6.45, 7) is 7.83. The summed E-state index contributed by atoms with van der Waals surface area (Å²) < 4.78 is 16.4. The molecule has 0 saturated heterocycles. The molecule has 3 aromatic rings. The molecule has 0 atom stereocenters. The van der Waals surface area contributed by atoms with E-state index >= 15 is 0 Å². The number of nitrogens with one attached hydrogen (secondary N) is 4. The molecule has 0 aliphatic heterocycles. The summed E-state index contributed by atoms with van der Waals surface area (Å²) in [5.74, 6) is 2.61. The van der Waals surface area contributed by atoms with Gasteiger partial charge in [-0.1, -0.05) is 32.0 Å². The Labute approximate surface area is 230 Å². The number of rotatable bonds is 18. The number of benzene rings is 2. The minimum absolute atomic E-state index is 0.111. The minimum atomic E-state index is -0.111. The van der Waals surface area contributed by atoms with E-state index in [4.69, 9.17) is 14.2 Å². The second-order valence-electron chi connectivity index (χ2n) is 9.04. The molecule has 3 rings (SSSR count). The Balaban J connectivity index is 1.37. The fourth-order valence-corrected chi connectivity index (χ4v) is 3.35. The van der Waals surface area contributed by atoms with E-state index in [0.29, 0.717) is 68.8 Å². The first-order chi connectivity index (χ1) is 19.0. The fourth-order valence-electron chi connectivity index (χ4n) is 3.35. The molecular weight excluding hydrogens is 498 g/mol. The third-order valence-electron chi connectivity index (χ3n) is 5.46. The summed E-state index contributed by atoms with van der Waals surface area (Å²) in [5.41, 5.74) is 1.47. The predicted molar refractivity (Wildman–Crippen MR) is 153 cm³/mol. The van der Waals surface area contributed by atoms with Crippen molar-refractivity contribution < 1.29 is 19.0 Å². The van der Waals surface area contributed by atoms with Gasteiger partial charge in [0.1, 0.15) is 5.75 Å².